The molecule has 3 fully saturated rings. The fourth-order valence-electron chi connectivity index (χ4n) is 4.82. The van der Waals surface area contributed by atoms with Crippen LogP contribution in [-0.2, 0) is 4.79 Å². The number of anilines is 3. The van der Waals surface area contributed by atoms with Gasteiger partial charge >= 0.3 is 0 Å². The molecule has 0 unspecified atom stereocenters. The molecule has 6 rings (SSSR count). The molecule has 6 nitrogen and oxygen atoms in total. The number of nitrogens with one attached hydrogen (secondary N) is 1. The van der Waals surface area contributed by atoms with Crippen molar-refractivity contribution in [3.63, 3.8) is 0 Å². The summed E-state index contributed by atoms with van der Waals surface area (Å²) in [5.74, 6) is 1.16. The highest BCUT2D eigenvalue weighted by atomic mass is 16.2. The minimum atomic E-state index is -0.207. The third kappa shape index (κ3) is 2.72. The molecule has 5 heterocycles. The number of hydrogen-bond donors (Lipinski definition) is 1. The summed E-state index contributed by atoms with van der Waals surface area (Å²) >= 11 is 0. The standard InChI is InChI=1S/C21H22N4O2/c26-19(14-25-11-7-15(8-12-25)9-13-25)24-18-6-2-1-4-16(18)21(27)23-17-5-3-10-22-20(17)24/h1-6,10,15H,7-9,11-14H2/p+1. The van der Waals surface area contributed by atoms with Gasteiger partial charge in [0.25, 0.3) is 11.8 Å². The van der Waals surface area contributed by atoms with Gasteiger partial charge in [0.1, 0.15) is 0 Å². The topological polar surface area (TPSA) is 62.3 Å². The molecule has 4 aliphatic rings. The summed E-state index contributed by atoms with van der Waals surface area (Å²) in [5, 5.41) is 2.90. The van der Waals surface area contributed by atoms with Crippen LogP contribution >= 0.6 is 0 Å². The fraction of sp³-hybridized carbons (Fsp3) is 0.381. The molecule has 0 atom stereocenters. The van der Waals surface area contributed by atoms with Crippen LogP contribution in [0.15, 0.2) is 42.6 Å². The lowest BCUT2D eigenvalue weighted by atomic mass is 9.85. The van der Waals surface area contributed by atoms with Gasteiger partial charge in [0.15, 0.2) is 12.4 Å². The molecule has 0 saturated carbocycles. The Balaban J connectivity index is 1.57. The molecule has 3 saturated heterocycles. The van der Waals surface area contributed by atoms with Crippen LogP contribution in [0.3, 0.4) is 0 Å². The van der Waals surface area contributed by atoms with E-state index in [1.807, 2.05) is 18.2 Å². The maximum Gasteiger partial charge on any atom is 0.288 e. The normalized spacial score (nSPS) is 26.0. The van der Waals surface area contributed by atoms with Crippen molar-refractivity contribution >= 4 is 29.0 Å². The Hall–Kier alpha value is -2.73. The first-order valence-corrected chi connectivity index (χ1v) is 9.69. The van der Waals surface area contributed by atoms with Crippen LogP contribution in [0.4, 0.5) is 17.2 Å². The van der Waals surface area contributed by atoms with Gasteiger partial charge in [0.2, 0.25) is 0 Å². The van der Waals surface area contributed by atoms with Gasteiger partial charge in [-0.1, -0.05) is 12.1 Å². The Morgan fingerprint density at radius 2 is 1.85 bits per heavy atom. The number of hydrogen-bond acceptors (Lipinski definition) is 3. The molecule has 2 bridgehead atoms. The Bertz CT molecular complexity index is 904. The molecule has 1 N–H and O–H groups in total. The summed E-state index contributed by atoms with van der Waals surface area (Å²) in [7, 11) is 0. The highest BCUT2D eigenvalue weighted by Crippen LogP contribution is 2.38. The number of fused-ring (bicyclic) bond motifs is 5. The molecule has 0 radical (unpaired) electrons. The van der Waals surface area contributed by atoms with Crippen molar-refractivity contribution in [2.24, 2.45) is 5.92 Å². The van der Waals surface area contributed by atoms with E-state index in [0.717, 1.165) is 30.0 Å². The van der Waals surface area contributed by atoms with Crippen molar-refractivity contribution in [3.8, 4) is 0 Å². The summed E-state index contributed by atoms with van der Waals surface area (Å²) in [6.07, 6.45) is 5.33. The van der Waals surface area contributed by atoms with E-state index >= 15 is 0 Å². The van der Waals surface area contributed by atoms with Gasteiger partial charge in [-0.05, 0) is 49.4 Å². The lowest BCUT2D eigenvalue weighted by Gasteiger charge is -2.49. The first kappa shape index (κ1) is 16.4. The van der Waals surface area contributed by atoms with Crippen molar-refractivity contribution in [2.45, 2.75) is 19.3 Å². The Morgan fingerprint density at radius 3 is 2.63 bits per heavy atom. The summed E-state index contributed by atoms with van der Waals surface area (Å²) in [6, 6.07) is 10.8. The number of amides is 2. The van der Waals surface area contributed by atoms with Gasteiger partial charge in [-0.3, -0.25) is 14.5 Å². The van der Waals surface area contributed by atoms with E-state index in [2.05, 4.69) is 10.3 Å². The van der Waals surface area contributed by atoms with Crippen molar-refractivity contribution in [1.29, 1.82) is 0 Å². The molecule has 1 aromatic heterocycles. The maximum absolute atomic E-state index is 13.6. The molecular formula is C21H23N4O2+. The van der Waals surface area contributed by atoms with E-state index < -0.39 is 0 Å². The van der Waals surface area contributed by atoms with Gasteiger partial charge in [0.05, 0.1) is 36.6 Å². The molecule has 27 heavy (non-hydrogen) atoms. The van der Waals surface area contributed by atoms with E-state index in [1.54, 1.807) is 29.3 Å². The molecule has 138 valence electrons. The second-order valence-electron chi connectivity index (χ2n) is 7.98. The Kier molecular flexibility index (Phi) is 3.75. The average molecular weight is 363 g/mol. The summed E-state index contributed by atoms with van der Waals surface area (Å²) in [5.41, 5.74) is 1.69. The third-order valence-electron chi connectivity index (χ3n) is 6.39. The second-order valence-corrected chi connectivity index (χ2v) is 7.98. The molecular weight excluding hydrogens is 340 g/mol. The molecule has 0 aliphatic carbocycles. The molecule has 1 aromatic carbocycles. The number of benzene rings is 1. The van der Waals surface area contributed by atoms with Crippen LogP contribution < -0.4 is 10.2 Å². The van der Waals surface area contributed by atoms with Crippen LogP contribution in [0.2, 0.25) is 0 Å². The number of nitrogens with zero attached hydrogens (tertiary/aromatic N) is 3. The molecule has 6 heteroatoms. The van der Waals surface area contributed by atoms with Crippen molar-refractivity contribution in [3.05, 3.63) is 48.2 Å². The summed E-state index contributed by atoms with van der Waals surface area (Å²) in [4.78, 5) is 32.3. The van der Waals surface area contributed by atoms with E-state index in [0.29, 0.717) is 29.3 Å². The van der Waals surface area contributed by atoms with Gasteiger partial charge in [0, 0.05) is 6.20 Å². The number of rotatable bonds is 2. The van der Waals surface area contributed by atoms with Crippen LogP contribution in [0.1, 0.15) is 29.6 Å². The lowest BCUT2D eigenvalue weighted by molar-refractivity contribution is -0.935. The van der Waals surface area contributed by atoms with Crippen molar-refractivity contribution in [2.75, 3.05) is 36.4 Å². The number of quaternary nitrogens is 1. The summed E-state index contributed by atoms with van der Waals surface area (Å²) in [6.45, 7) is 3.71. The minimum Gasteiger partial charge on any atom is -0.319 e. The van der Waals surface area contributed by atoms with Gasteiger partial charge in [-0.25, -0.2) is 4.98 Å². The third-order valence-corrected chi connectivity index (χ3v) is 6.39. The number of pyridine rings is 1. The highest BCUT2D eigenvalue weighted by Gasteiger charge is 2.43. The Labute approximate surface area is 158 Å². The zero-order valence-electron chi connectivity index (χ0n) is 15.2. The first-order chi connectivity index (χ1) is 13.2. The van der Waals surface area contributed by atoms with E-state index in [4.69, 9.17) is 0 Å². The zero-order valence-corrected chi connectivity index (χ0v) is 15.2. The summed E-state index contributed by atoms with van der Waals surface area (Å²) < 4.78 is 0.873. The van der Waals surface area contributed by atoms with Gasteiger partial charge in [-0.15, -0.1) is 0 Å². The SMILES string of the molecule is O=C1Nc2cccnc2N(C(=O)C[N+]23CCC(CC2)CC3)c2ccccc21. The monoisotopic (exact) mass is 363 g/mol. The largest absolute Gasteiger partial charge is 0.319 e. The number of para-hydroxylation sites is 1. The van der Waals surface area contributed by atoms with Crippen LogP contribution in [0, 0.1) is 5.92 Å². The quantitative estimate of drug-likeness (QED) is 0.835. The Morgan fingerprint density at radius 1 is 1.11 bits per heavy atom. The molecule has 0 spiro atoms. The van der Waals surface area contributed by atoms with Gasteiger partial charge in [-0.2, -0.15) is 0 Å². The maximum atomic E-state index is 13.6. The number of carbonyl (C=O) groups is 2. The van der Waals surface area contributed by atoms with Gasteiger partial charge < -0.3 is 9.80 Å². The van der Waals surface area contributed by atoms with Crippen LogP contribution in [0.5, 0.6) is 0 Å². The predicted octanol–water partition coefficient (Wildman–Crippen LogP) is 2.94. The predicted molar refractivity (Wildman–Crippen MR) is 103 cm³/mol. The number of carbonyl (C=O) groups excluding carboxylic acids is 2. The van der Waals surface area contributed by atoms with E-state index in [1.165, 1.54) is 19.3 Å². The van der Waals surface area contributed by atoms with Crippen molar-refractivity contribution in [1.82, 2.24) is 4.98 Å². The first-order valence-electron chi connectivity index (χ1n) is 9.69. The minimum absolute atomic E-state index is 0.0132. The number of piperidine rings is 3. The van der Waals surface area contributed by atoms with E-state index in [9.17, 15) is 9.59 Å². The molecule has 2 aromatic rings. The zero-order chi connectivity index (χ0) is 18.4. The lowest BCUT2D eigenvalue weighted by Crippen LogP contribution is -2.61. The smallest absolute Gasteiger partial charge is 0.288 e. The molecule has 2 amide bonds. The second kappa shape index (κ2) is 6.16. The van der Waals surface area contributed by atoms with E-state index in [-0.39, 0.29) is 11.8 Å². The highest BCUT2D eigenvalue weighted by molar-refractivity contribution is 6.17. The molecule has 4 aliphatic heterocycles. The average Bonchev–Trinajstić information content (AvgIpc) is 2.83. The van der Waals surface area contributed by atoms with Crippen LogP contribution in [0.25, 0.3) is 0 Å². The van der Waals surface area contributed by atoms with Crippen molar-refractivity contribution < 1.29 is 14.1 Å². The van der Waals surface area contributed by atoms with Crippen LogP contribution in [-0.4, -0.2) is 47.5 Å². The fourth-order valence-corrected chi connectivity index (χ4v) is 4.82. The number of aromatic nitrogens is 1.